The van der Waals surface area contributed by atoms with Gasteiger partial charge < -0.3 is 9.84 Å². The molecular weight excluding hydrogens is 180 g/mol. The van der Waals surface area contributed by atoms with E-state index in [9.17, 15) is 9.59 Å². The first-order valence-electron chi connectivity index (χ1n) is 3.28. The van der Waals surface area contributed by atoms with Gasteiger partial charge in [0.15, 0.2) is 0 Å². The van der Waals surface area contributed by atoms with Crippen LogP contribution in [-0.4, -0.2) is 28.9 Å². The third-order valence-corrected chi connectivity index (χ3v) is 2.87. The summed E-state index contributed by atoms with van der Waals surface area (Å²) in [7, 11) is 1.19. The summed E-state index contributed by atoms with van der Waals surface area (Å²) in [5, 5.41) is 10.4. The van der Waals surface area contributed by atoms with E-state index >= 15 is 0 Å². The van der Waals surface area contributed by atoms with Gasteiger partial charge in [-0.3, -0.25) is 4.79 Å². The monoisotopic (exact) mass is 188 g/mol. The van der Waals surface area contributed by atoms with Crippen LogP contribution in [0.4, 0.5) is 0 Å². The number of carbonyl (C=O) groups is 2. The standard InChI is InChI=1S/C7H8O4S/c1-11-6(10)7(5(8)9)3-2-4-12-7/h2,4H,3H2,1H3,(H,8,9). The Morgan fingerprint density at radius 1 is 1.67 bits per heavy atom. The van der Waals surface area contributed by atoms with Gasteiger partial charge in [-0.25, -0.2) is 4.79 Å². The largest absolute Gasteiger partial charge is 0.480 e. The zero-order valence-electron chi connectivity index (χ0n) is 6.44. The lowest BCUT2D eigenvalue weighted by atomic mass is 10.1. The first-order chi connectivity index (χ1) is 5.63. The molecule has 1 aliphatic heterocycles. The van der Waals surface area contributed by atoms with Crippen LogP contribution in [0.15, 0.2) is 11.5 Å². The zero-order valence-corrected chi connectivity index (χ0v) is 7.26. The van der Waals surface area contributed by atoms with Gasteiger partial charge >= 0.3 is 11.9 Å². The average Bonchev–Trinajstić information content (AvgIpc) is 2.52. The van der Waals surface area contributed by atoms with Gasteiger partial charge in [-0.15, -0.1) is 11.8 Å². The summed E-state index contributed by atoms with van der Waals surface area (Å²) in [6.45, 7) is 0. The Kier molecular flexibility index (Phi) is 2.42. The van der Waals surface area contributed by atoms with Crippen molar-refractivity contribution in [2.45, 2.75) is 11.2 Å². The second kappa shape index (κ2) is 3.18. The normalized spacial score (nSPS) is 27.1. The summed E-state index contributed by atoms with van der Waals surface area (Å²) in [5.74, 6) is -1.85. The molecule has 0 bridgehead atoms. The number of carbonyl (C=O) groups excluding carboxylic acids is 1. The van der Waals surface area contributed by atoms with E-state index in [1.165, 1.54) is 7.11 Å². The van der Waals surface area contributed by atoms with Crippen LogP contribution >= 0.6 is 11.8 Å². The molecule has 1 heterocycles. The number of ether oxygens (including phenoxy) is 1. The molecule has 0 aromatic heterocycles. The lowest BCUT2D eigenvalue weighted by molar-refractivity contribution is -0.153. The van der Waals surface area contributed by atoms with Crippen LogP contribution in [0.5, 0.6) is 0 Å². The van der Waals surface area contributed by atoms with Crippen molar-refractivity contribution >= 4 is 23.7 Å². The Balaban J connectivity index is 2.88. The number of hydrogen-bond donors (Lipinski definition) is 1. The van der Waals surface area contributed by atoms with Gasteiger partial charge in [0.1, 0.15) is 0 Å². The van der Waals surface area contributed by atoms with Gasteiger partial charge in [0.25, 0.3) is 0 Å². The fourth-order valence-corrected chi connectivity index (χ4v) is 1.85. The number of carboxylic acids is 1. The molecule has 0 spiro atoms. The lowest BCUT2D eigenvalue weighted by Gasteiger charge is -2.18. The number of esters is 1. The zero-order chi connectivity index (χ0) is 9.19. The quantitative estimate of drug-likeness (QED) is 0.508. The van der Waals surface area contributed by atoms with E-state index < -0.39 is 16.7 Å². The molecule has 0 amide bonds. The molecular formula is C7H8O4S. The van der Waals surface area contributed by atoms with Crippen molar-refractivity contribution in [3.05, 3.63) is 11.5 Å². The minimum atomic E-state index is -1.44. The van der Waals surface area contributed by atoms with Crippen molar-refractivity contribution < 1.29 is 19.4 Å². The summed E-state index contributed by atoms with van der Waals surface area (Å²) >= 11 is 0.976. The van der Waals surface area contributed by atoms with Gasteiger partial charge in [-0.2, -0.15) is 0 Å². The highest BCUT2D eigenvalue weighted by molar-refractivity contribution is 8.05. The number of rotatable bonds is 2. The summed E-state index contributed by atoms with van der Waals surface area (Å²) in [6, 6.07) is 0. The predicted octanol–water partition coefficient (Wildman–Crippen LogP) is 0.633. The predicted molar refractivity (Wildman–Crippen MR) is 43.7 cm³/mol. The van der Waals surface area contributed by atoms with Crippen molar-refractivity contribution in [1.82, 2.24) is 0 Å². The third kappa shape index (κ3) is 1.20. The highest BCUT2D eigenvalue weighted by Crippen LogP contribution is 2.37. The van der Waals surface area contributed by atoms with E-state index in [0.29, 0.717) is 0 Å². The van der Waals surface area contributed by atoms with E-state index in [1.807, 2.05) is 0 Å². The first-order valence-corrected chi connectivity index (χ1v) is 4.16. The van der Waals surface area contributed by atoms with Gasteiger partial charge in [0, 0.05) is 6.42 Å². The van der Waals surface area contributed by atoms with Crippen molar-refractivity contribution in [3.8, 4) is 0 Å². The molecule has 0 aromatic carbocycles. The van der Waals surface area contributed by atoms with E-state index in [4.69, 9.17) is 5.11 Å². The molecule has 0 aromatic rings. The smallest absolute Gasteiger partial charge is 0.334 e. The van der Waals surface area contributed by atoms with Crippen LogP contribution in [0.2, 0.25) is 0 Å². The topological polar surface area (TPSA) is 63.6 Å². The van der Waals surface area contributed by atoms with Crippen molar-refractivity contribution in [1.29, 1.82) is 0 Å². The van der Waals surface area contributed by atoms with Crippen molar-refractivity contribution in [2.75, 3.05) is 7.11 Å². The maximum absolute atomic E-state index is 11.1. The van der Waals surface area contributed by atoms with Crippen molar-refractivity contribution in [2.24, 2.45) is 0 Å². The number of thioether (sulfide) groups is 1. The highest BCUT2D eigenvalue weighted by atomic mass is 32.2. The SMILES string of the molecule is COC(=O)C1(C(=O)O)CC=CS1. The molecule has 0 saturated heterocycles. The number of carboxylic acid groups (broad SMARTS) is 1. The second-order valence-corrected chi connectivity index (χ2v) is 3.52. The maximum atomic E-state index is 11.1. The Bertz CT molecular complexity index is 238. The number of hydrogen-bond acceptors (Lipinski definition) is 4. The highest BCUT2D eigenvalue weighted by Gasteiger charge is 2.48. The molecule has 1 atom stereocenters. The summed E-state index contributed by atoms with van der Waals surface area (Å²) in [6.07, 6.45) is 1.84. The van der Waals surface area contributed by atoms with Crippen LogP contribution in [0, 0.1) is 0 Å². The molecule has 1 N–H and O–H groups in total. The summed E-state index contributed by atoms with van der Waals surface area (Å²) < 4.78 is 2.98. The van der Waals surface area contributed by atoms with E-state index in [-0.39, 0.29) is 6.42 Å². The molecule has 1 rings (SSSR count). The molecule has 5 heteroatoms. The van der Waals surface area contributed by atoms with Crippen LogP contribution in [0.25, 0.3) is 0 Å². The van der Waals surface area contributed by atoms with Crippen LogP contribution in [0.3, 0.4) is 0 Å². The molecule has 1 unspecified atom stereocenters. The molecule has 12 heavy (non-hydrogen) atoms. The second-order valence-electron chi connectivity index (χ2n) is 2.32. The van der Waals surface area contributed by atoms with E-state index in [1.54, 1.807) is 11.5 Å². The fraction of sp³-hybridized carbons (Fsp3) is 0.429. The maximum Gasteiger partial charge on any atom is 0.334 e. The van der Waals surface area contributed by atoms with E-state index in [0.717, 1.165) is 11.8 Å². The van der Waals surface area contributed by atoms with Gasteiger partial charge in [-0.1, -0.05) is 6.08 Å². The number of methoxy groups -OCH3 is 1. The summed E-state index contributed by atoms with van der Waals surface area (Å²) in [5.41, 5.74) is 0. The minimum absolute atomic E-state index is 0.194. The van der Waals surface area contributed by atoms with Gasteiger partial charge in [0.05, 0.1) is 7.11 Å². The lowest BCUT2D eigenvalue weighted by Crippen LogP contribution is -2.42. The molecule has 1 aliphatic rings. The number of allylic oxidation sites excluding steroid dienone is 1. The Hall–Kier alpha value is -0.970. The average molecular weight is 188 g/mol. The molecule has 4 nitrogen and oxygen atoms in total. The third-order valence-electron chi connectivity index (χ3n) is 1.63. The Labute approximate surface area is 73.6 Å². The molecule has 0 aliphatic carbocycles. The van der Waals surface area contributed by atoms with Gasteiger partial charge in [-0.05, 0) is 5.41 Å². The Morgan fingerprint density at radius 2 is 2.33 bits per heavy atom. The van der Waals surface area contributed by atoms with Crippen LogP contribution < -0.4 is 0 Å². The molecule has 66 valence electrons. The molecule has 0 radical (unpaired) electrons. The molecule has 0 fully saturated rings. The van der Waals surface area contributed by atoms with E-state index in [2.05, 4.69) is 4.74 Å². The van der Waals surface area contributed by atoms with Gasteiger partial charge in [0.2, 0.25) is 4.75 Å². The molecule has 0 saturated carbocycles. The number of aliphatic carboxylic acids is 1. The fourth-order valence-electron chi connectivity index (χ4n) is 0.948. The van der Waals surface area contributed by atoms with Crippen LogP contribution in [0.1, 0.15) is 6.42 Å². The minimum Gasteiger partial charge on any atom is -0.480 e. The van der Waals surface area contributed by atoms with Crippen LogP contribution in [-0.2, 0) is 14.3 Å². The van der Waals surface area contributed by atoms with Crippen molar-refractivity contribution in [3.63, 3.8) is 0 Å². The first kappa shape index (κ1) is 9.12. The summed E-state index contributed by atoms with van der Waals surface area (Å²) in [4.78, 5) is 21.9. The Morgan fingerprint density at radius 3 is 2.67 bits per heavy atom.